The van der Waals surface area contributed by atoms with E-state index in [1.807, 2.05) is 42.5 Å². The summed E-state index contributed by atoms with van der Waals surface area (Å²) in [5.74, 6) is -0.415. The third-order valence-corrected chi connectivity index (χ3v) is 4.57. The summed E-state index contributed by atoms with van der Waals surface area (Å²) >= 11 is 0. The maximum atomic E-state index is 11.8. The second-order valence-corrected chi connectivity index (χ2v) is 6.02. The summed E-state index contributed by atoms with van der Waals surface area (Å²) in [7, 11) is 0. The van der Waals surface area contributed by atoms with E-state index in [1.54, 1.807) is 5.48 Å². The van der Waals surface area contributed by atoms with Crippen molar-refractivity contribution in [2.75, 3.05) is 0 Å². The molecule has 3 N–H and O–H groups in total. The molecule has 1 aromatic heterocycles. The molecule has 0 bridgehead atoms. The molecule has 5 heteroatoms. The number of hydrogen-bond acceptors (Lipinski definition) is 3. The molecule has 0 fully saturated rings. The highest BCUT2D eigenvalue weighted by molar-refractivity contribution is 5.82. The van der Waals surface area contributed by atoms with Gasteiger partial charge < -0.3 is 0 Å². The van der Waals surface area contributed by atoms with Gasteiger partial charge in [-0.05, 0) is 12.0 Å². The van der Waals surface area contributed by atoms with E-state index in [0.29, 0.717) is 0 Å². The lowest BCUT2D eigenvalue weighted by atomic mass is 9.78. The van der Waals surface area contributed by atoms with Crippen molar-refractivity contribution in [2.24, 2.45) is 0 Å². The second-order valence-electron chi connectivity index (χ2n) is 6.02. The van der Waals surface area contributed by atoms with Crippen LogP contribution in [0, 0.1) is 0 Å². The number of aromatic nitrogens is 2. The summed E-state index contributed by atoms with van der Waals surface area (Å²) in [5, 5.41) is 16.6. The van der Waals surface area contributed by atoms with Crippen molar-refractivity contribution in [3.8, 4) is 22.5 Å². The Bertz CT molecular complexity index is 873. The van der Waals surface area contributed by atoms with E-state index < -0.39 is 0 Å². The first-order chi connectivity index (χ1) is 11.8. The maximum Gasteiger partial charge on any atom is 0.243 e. The number of rotatable bonds is 3. The van der Waals surface area contributed by atoms with E-state index in [-0.39, 0.29) is 18.2 Å². The quantitative estimate of drug-likeness (QED) is 0.512. The average molecular weight is 319 g/mol. The number of amides is 1. The fraction of sp³-hybridized carbons (Fsp3) is 0.158. The van der Waals surface area contributed by atoms with Gasteiger partial charge in [0.25, 0.3) is 0 Å². The fourth-order valence-electron chi connectivity index (χ4n) is 3.52. The van der Waals surface area contributed by atoms with Crippen molar-refractivity contribution in [1.29, 1.82) is 0 Å². The molecule has 0 spiro atoms. The maximum absolute atomic E-state index is 11.8. The molecule has 5 nitrogen and oxygen atoms in total. The Morgan fingerprint density at radius 3 is 2.71 bits per heavy atom. The van der Waals surface area contributed by atoms with E-state index in [0.717, 1.165) is 34.5 Å². The standard InChI is InChI=1S/C19H17N3O2/c23-16(22-24)11-14-10-13-8-4-5-9-15(13)19-17(14)18(20-21-19)12-6-2-1-3-7-12/h1-9,14,24H,10-11H2,(H,20,21)(H,22,23). The summed E-state index contributed by atoms with van der Waals surface area (Å²) < 4.78 is 0. The molecule has 24 heavy (non-hydrogen) atoms. The normalized spacial score (nSPS) is 15.5. The smallest absolute Gasteiger partial charge is 0.243 e. The highest BCUT2D eigenvalue weighted by Crippen LogP contribution is 2.44. The summed E-state index contributed by atoms with van der Waals surface area (Å²) in [6.45, 7) is 0. The zero-order chi connectivity index (χ0) is 16.5. The minimum Gasteiger partial charge on any atom is -0.289 e. The molecular formula is C19H17N3O2. The topological polar surface area (TPSA) is 78.0 Å². The van der Waals surface area contributed by atoms with E-state index >= 15 is 0 Å². The number of hydroxylamine groups is 1. The number of aromatic amines is 1. The summed E-state index contributed by atoms with van der Waals surface area (Å²) in [4.78, 5) is 11.8. The predicted octanol–water partition coefficient (Wildman–Crippen LogP) is 3.28. The van der Waals surface area contributed by atoms with Crippen molar-refractivity contribution >= 4 is 5.91 Å². The van der Waals surface area contributed by atoms with E-state index in [1.165, 1.54) is 5.56 Å². The second kappa shape index (κ2) is 5.94. The SMILES string of the molecule is O=C(CC1Cc2ccccc2-c2[nH]nc(-c3ccccc3)c21)NO. The van der Waals surface area contributed by atoms with Gasteiger partial charge in [-0.1, -0.05) is 54.6 Å². The highest BCUT2D eigenvalue weighted by Gasteiger charge is 2.31. The minimum absolute atomic E-state index is 0.0315. The molecule has 4 rings (SSSR count). The zero-order valence-corrected chi connectivity index (χ0v) is 13.0. The zero-order valence-electron chi connectivity index (χ0n) is 13.0. The van der Waals surface area contributed by atoms with Crippen LogP contribution >= 0.6 is 0 Å². The van der Waals surface area contributed by atoms with Gasteiger partial charge in [0.1, 0.15) is 0 Å². The van der Waals surface area contributed by atoms with E-state index in [4.69, 9.17) is 5.21 Å². The number of H-pyrrole nitrogens is 1. The monoisotopic (exact) mass is 319 g/mol. The van der Waals surface area contributed by atoms with Crippen LogP contribution < -0.4 is 5.48 Å². The van der Waals surface area contributed by atoms with Crippen LogP contribution in [0.3, 0.4) is 0 Å². The minimum atomic E-state index is -0.384. The summed E-state index contributed by atoms with van der Waals surface area (Å²) in [5.41, 5.74) is 7.96. The Morgan fingerprint density at radius 1 is 1.17 bits per heavy atom. The summed E-state index contributed by atoms with van der Waals surface area (Å²) in [6.07, 6.45) is 0.965. The van der Waals surface area contributed by atoms with Crippen LogP contribution in [0.15, 0.2) is 54.6 Å². The van der Waals surface area contributed by atoms with Crippen molar-refractivity contribution in [3.63, 3.8) is 0 Å². The first kappa shape index (κ1) is 14.7. The highest BCUT2D eigenvalue weighted by atomic mass is 16.5. The largest absolute Gasteiger partial charge is 0.289 e. The van der Waals surface area contributed by atoms with Crippen molar-refractivity contribution in [2.45, 2.75) is 18.8 Å². The predicted molar refractivity (Wildman–Crippen MR) is 90.5 cm³/mol. The van der Waals surface area contributed by atoms with Gasteiger partial charge in [0, 0.05) is 29.0 Å². The van der Waals surface area contributed by atoms with Crippen LogP contribution in [0.1, 0.15) is 23.5 Å². The molecule has 1 heterocycles. The number of carbonyl (C=O) groups is 1. The third-order valence-electron chi connectivity index (χ3n) is 4.57. The molecule has 0 aliphatic heterocycles. The van der Waals surface area contributed by atoms with Gasteiger partial charge in [-0.25, -0.2) is 5.48 Å². The Balaban J connectivity index is 1.88. The van der Waals surface area contributed by atoms with Crippen LogP contribution in [-0.2, 0) is 11.2 Å². The molecule has 1 aliphatic carbocycles. The Labute approximate surface area is 139 Å². The van der Waals surface area contributed by atoms with Crippen LogP contribution in [0.25, 0.3) is 22.5 Å². The Morgan fingerprint density at radius 2 is 1.92 bits per heavy atom. The number of carbonyl (C=O) groups excluding carboxylic acids is 1. The average Bonchev–Trinajstić information content (AvgIpc) is 3.08. The van der Waals surface area contributed by atoms with Crippen molar-refractivity contribution in [1.82, 2.24) is 15.7 Å². The molecule has 1 amide bonds. The number of hydrogen-bond donors (Lipinski definition) is 3. The van der Waals surface area contributed by atoms with Gasteiger partial charge in [0.05, 0.1) is 11.4 Å². The summed E-state index contributed by atoms with van der Waals surface area (Å²) in [6, 6.07) is 18.1. The lowest BCUT2D eigenvalue weighted by Gasteiger charge is -2.25. The third kappa shape index (κ3) is 2.39. The lowest BCUT2D eigenvalue weighted by Crippen LogP contribution is -2.23. The number of nitrogens with one attached hydrogen (secondary N) is 2. The first-order valence-electron chi connectivity index (χ1n) is 7.93. The molecule has 120 valence electrons. The van der Waals surface area contributed by atoms with Crippen LogP contribution in [0.4, 0.5) is 0 Å². The lowest BCUT2D eigenvalue weighted by molar-refractivity contribution is -0.129. The molecular weight excluding hydrogens is 302 g/mol. The van der Waals surface area contributed by atoms with Crippen LogP contribution in [-0.4, -0.2) is 21.3 Å². The van der Waals surface area contributed by atoms with Gasteiger partial charge in [0.2, 0.25) is 5.91 Å². The molecule has 1 aliphatic rings. The molecule has 1 unspecified atom stereocenters. The van der Waals surface area contributed by atoms with Gasteiger partial charge in [0.15, 0.2) is 0 Å². The van der Waals surface area contributed by atoms with Gasteiger partial charge in [-0.3, -0.25) is 15.1 Å². The van der Waals surface area contributed by atoms with Crippen LogP contribution in [0.5, 0.6) is 0 Å². The Kier molecular flexibility index (Phi) is 3.63. The molecule has 3 aromatic rings. The van der Waals surface area contributed by atoms with Crippen molar-refractivity contribution in [3.05, 3.63) is 65.7 Å². The van der Waals surface area contributed by atoms with Crippen LogP contribution in [0.2, 0.25) is 0 Å². The molecule has 0 saturated heterocycles. The van der Waals surface area contributed by atoms with Crippen molar-refractivity contribution < 1.29 is 10.0 Å². The van der Waals surface area contributed by atoms with Gasteiger partial charge in [-0.15, -0.1) is 0 Å². The molecule has 2 aromatic carbocycles. The van der Waals surface area contributed by atoms with Gasteiger partial charge in [-0.2, -0.15) is 5.10 Å². The molecule has 0 saturated carbocycles. The van der Waals surface area contributed by atoms with E-state index in [2.05, 4.69) is 22.3 Å². The first-order valence-corrected chi connectivity index (χ1v) is 7.93. The molecule has 1 atom stereocenters. The van der Waals surface area contributed by atoms with E-state index in [9.17, 15) is 4.79 Å². The number of fused-ring (bicyclic) bond motifs is 3. The Hall–Kier alpha value is -2.92. The molecule has 0 radical (unpaired) electrons. The fourth-order valence-corrected chi connectivity index (χ4v) is 3.52. The number of nitrogens with zero attached hydrogens (tertiary/aromatic N) is 1. The number of benzene rings is 2. The van der Waals surface area contributed by atoms with Gasteiger partial charge >= 0.3 is 0 Å².